The van der Waals surface area contributed by atoms with Gasteiger partial charge in [0, 0.05) is 33.4 Å². The zero-order valence-electron chi connectivity index (χ0n) is 18.4. The number of carbonyl (C=O) groups excluding carboxylic acids is 2. The van der Waals surface area contributed by atoms with Crippen LogP contribution in [0, 0.1) is 0 Å². The van der Waals surface area contributed by atoms with E-state index in [9.17, 15) is 9.59 Å². The maximum Gasteiger partial charge on any atom is 0.341 e. The van der Waals surface area contributed by atoms with Gasteiger partial charge < -0.3 is 13.9 Å². The maximum absolute atomic E-state index is 12.1. The summed E-state index contributed by atoms with van der Waals surface area (Å²) < 4.78 is 15.5. The number of thiazole rings is 1. The Morgan fingerprint density at radius 1 is 0.941 bits per heavy atom. The van der Waals surface area contributed by atoms with Gasteiger partial charge in [-0.15, -0.1) is 11.3 Å². The number of hydrogen-bond donors (Lipinski definition) is 0. The maximum atomic E-state index is 12.1. The molecule has 0 atom stereocenters. The fourth-order valence-electron chi connectivity index (χ4n) is 3.74. The number of furan rings is 1. The van der Waals surface area contributed by atoms with Crippen LogP contribution in [-0.2, 0) is 14.3 Å². The van der Waals surface area contributed by atoms with Gasteiger partial charge in [0.25, 0.3) is 0 Å². The second-order valence-corrected chi connectivity index (χ2v) is 8.36. The van der Waals surface area contributed by atoms with E-state index < -0.39 is 11.9 Å². The Hall–Kier alpha value is -4.23. The molecule has 34 heavy (non-hydrogen) atoms. The van der Waals surface area contributed by atoms with Gasteiger partial charge in [-0.25, -0.2) is 14.6 Å². The van der Waals surface area contributed by atoms with Gasteiger partial charge >= 0.3 is 11.9 Å². The number of carbonyl (C=O) groups is 2. The SMILES string of the molecule is COC(=O)/C=C/c1ccc(-c2nc(-c3ccc4oc5c(C(=O)OC)cccc5c4c3)cs2)cc1. The van der Waals surface area contributed by atoms with Crippen molar-refractivity contribution >= 4 is 51.3 Å². The molecule has 7 heteroatoms. The van der Waals surface area contributed by atoms with Gasteiger partial charge in [-0.2, -0.15) is 0 Å². The third kappa shape index (κ3) is 3.97. The van der Waals surface area contributed by atoms with Gasteiger partial charge in [0.1, 0.15) is 21.7 Å². The van der Waals surface area contributed by atoms with Crippen LogP contribution in [0.3, 0.4) is 0 Å². The summed E-state index contributed by atoms with van der Waals surface area (Å²) in [5.74, 6) is -0.821. The van der Waals surface area contributed by atoms with E-state index in [2.05, 4.69) is 4.74 Å². The molecule has 168 valence electrons. The summed E-state index contributed by atoms with van der Waals surface area (Å²) in [6.07, 6.45) is 3.10. The highest BCUT2D eigenvalue weighted by Crippen LogP contribution is 2.35. The van der Waals surface area contributed by atoms with Crippen LogP contribution in [0.15, 0.2) is 76.5 Å². The number of nitrogens with zero attached hydrogens (tertiary/aromatic N) is 1. The second-order valence-electron chi connectivity index (χ2n) is 7.50. The molecule has 3 aromatic carbocycles. The Balaban J connectivity index is 1.47. The number of fused-ring (bicyclic) bond motifs is 3. The first-order valence-electron chi connectivity index (χ1n) is 10.4. The number of ether oxygens (including phenoxy) is 2. The van der Waals surface area contributed by atoms with Crippen molar-refractivity contribution < 1.29 is 23.5 Å². The molecule has 0 unspecified atom stereocenters. The summed E-state index contributed by atoms with van der Waals surface area (Å²) in [4.78, 5) is 28.2. The number of benzene rings is 3. The lowest BCUT2D eigenvalue weighted by molar-refractivity contribution is -0.134. The van der Waals surface area contributed by atoms with Crippen LogP contribution in [-0.4, -0.2) is 31.1 Å². The minimum atomic E-state index is -0.430. The van der Waals surface area contributed by atoms with Crippen molar-refractivity contribution in [3.63, 3.8) is 0 Å². The van der Waals surface area contributed by atoms with E-state index in [0.717, 1.165) is 38.2 Å². The minimum Gasteiger partial charge on any atom is -0.466 e. The first-order valence-corrected chi connectivity index (χ1v) is 11.3. The van der Waals surface area contributed by atoms with E-state index in [4.69, 9.17) is 14.1 Å². The van der Waals surface area contributed by atoms with Crippen LogP contribution in [0.25, 0.3) is 49.8 Å². The van der Waals surface area contributed by atoms with Crippen LogP contribution in [0.5, 0.6) is 0 Å². The van der Waals surface area contributed by atoms with Gasteiger partial charge in [0.15, 0.2) is 0 Å². The zero-order valence-corrected chi connectivity index (χ0v) is 19.2. The molecule has 5 rings (SSSR count). The van der Waals surface area contributed by atoms with E-state index in [1.165, 1.54) is 20.3 Å². The lowest BCUT2D eigenvalue weighted by atomic mass is 10.1. The molecule has 0 aliphatic carbocycles. The molecule has 0 aliphatic rings. The Morgan fingerprint density at radius 2 is 1.74 bits per heavy atom. The quantitative estimate of drug-likeness (QED) is 0.220. The standard InChI is InChI=1S/C27H19NO5S/c1-31-24(29)13-8-16-6-9-17(10-7-16)26-28-22(15-34-26)18-11-12-23-21(14-18)19-4-3-5-20(25(19)33-23)27(30)32-2/h3-15H,1-2H3/b13-8+. The normalized spacial score (nSPS) is 11.4. The van der Waals surface area contributed by atoms with Crippen LogP contribution in [0.2, 0.25) is 0 Å². The Bertz CT molecular complexity index is 1560. The summed E-state index contributed by atoms with van der Waals surface area (Å²) in [7, 11) is 2.70. The molecule has 2 aromatic heterocycles. The largest absolute Gasteiger partial charge is 0.466 e. The zero-order chi connectivity index (χ0) is 23.7. The van der Waals surface area contributed by atoms with Crippen molar-refractivity contribution in [1.82, 2.24) is 4.98 Å². The fraction of sp³-hybridized carbons (Fsp3) is 0.0741. The fourth-order valence-corrected chi connectivity index (χ4v) is 4.57. The first kappa shape index (κ1) is 21.6. The summed E-state index contributed by atoms with van der Waals surface area (Å²) in [6, 6.07) is 19.1. The van der Waals surface area contributed by atoms with Crippen molar-refractivity contribution in [2.24, 2.45) is 0 Å². The second kappa shape index (κ2) is 8.96. The van der Waals surface area contributed by atoms with E-state index in [1.807, 2.05) is 60.0 Å². The molecule has 6 nitrogen and oxygen atoms in total. The number of methoxy groups -OCH3 is 2. The molecule has 0 spiro atoms. The molecule has 0 radical (unpaired) electrons. The molecule has 0 N–H and O–H groups in total. The van der Waals surface area contributed by atoms with Crippen molar-refractivity contribution in [3.8, 4) is 21.8 Å². The molecule has 0 amide bonds. The minimum absolute atomic E-state index is 0.391. The van der Waals surface area contributed by atoms with Crippen molar-refractivity contribution in [3.05, 3.63) is 83.2 Å². The van der Waals surface area contributed by atoms with Gasteiger partial charge in [-0.3, -0.25) is 0 Å². The number of rotatable bonds is 5. The lowest BCUT2D eigenvalue weighted by Crippen LogP contribution is -2.00. The monoisotopic (exact) mass is 469 g/mol. The average molecular weight is 470 g/mol. The third-order valence-electron chi connectivity index (χ3n) is 5.47. The predicted molar refractivity (Wildman–Crippen MR) is 133 cm³/mol. The number of esters is 2. The Kier molecular flexibility index (Phi) is 5.69. The molecular weight excluding hydrogens is 450 g/mol. The van der Waals surface area contributed by atoms with E-state index in [-0.39, 0.29) is 0 Å². The third-order valence-corrected chi connectivity index (χ3v) is 6.36. The van der Waals surface area contributed by atoms with Crippen LogP contribution in [0.1, 0.15) is 15.9 Å². The molecule has 0 fully saturated rings. The summed E-state index contributed by atoms with van der Waals surface area (Å²) in [5, 5.41) is 4.67. The van der Waals surface area contributed by atoms with Crippen molar-refractivity contribution in [2.45, 2.75) is 0 Å². The van der Waals surface area contributed by atoms with Crippen molar-refractivity contribution in [1.29, 1.82) is 0 Å². The van der Waals surface area contributed by atoms with Gasteiger partial charge in [0.05, 0.1) is 19.9 Å². The highest BCUT2D eigenvalue weighted by molar-refractivity contribution is 7.13. The van der Waals surface area contributed by atoms with Crippen LogP contribution < -0.4 is 0 Å². The number of hydrogen-bond acceptors (Lipinski definition) is 7. The smallest absolute Gasteiger partial charge is 0.341 e. The molecule has 0 saturated heterocycles. The van der Waals surface area contributed by atoms with Crippen LogP contribution in [0.4, 0.5) is 0 Å². The molecule has 5 aromatic rings. The summed E-state index contributed by atoms with van der Waals surface area (Å²) in [5.41, 5.74) is 5.31. The highest BCUT2D eigenvalue weighted by atomic mass is 32.1. The summed E-state index contributed by atoms with van der Waals surface area (Å²) >= 11 is 1.56. The first-order chi connectivity index (χ1) is 16.6. The number of para-hydroxylation sites is 1. The number of aromatic nitrogens is 1. The molecular formula is C27H19NO5S. The van der Waals surface area contributed by atoms with Crippen molar-refractivity contribution in [2.75, 3.05) is 14.2 Å². The molecule has 0 aliphatic heterocycles. The molecule has 0 saturated carbocycles. The average Bonchev–Trinajstić information content (AvgIpc) is 3.52. The van der Waals surface area contributed by atoms with E-state index in [1.54, 1.807) is 23.5 Å². The summed E-state index contributed by atoms with van der Waals surface area (Å²) in [6.45, 7) is 0. The van der Waals surface area contributed by atoms with Gasteiger partial charge in [-0.05, 0) is 35.9 Å². The Morgan fingerprint density at radius 3 is 2.50 bits per heavy atom. The van der Waals surface area contributed by atoms with E-state index >= 15 is 0 Å². The van der Waals surface area contributed by atoms with Gasteiger partial charge in [-0.1, -0.05) is 36.4 Å². The van der Waals surface area contributed by atoms with E-state index in [0.29, 0.717) is 16.7 Å². The highest BCUT2D eigenvalue weighted by Gasteiger charge is 2.17. The molecule has 0 bridgehead atoms. The van der Waals surface area contributed by atoms with Crippen LogP contribution >= 0.6 is 11.3 Å². The Labute approximate surface area is 199 Å². The topological polar surface area (TPSA) is 78.6 Å². The molecule has 2 heterocycles. The van der Waals surface area contributed by atoms with Gasteiger partial charge in [0.2, 0.25) is 0 Å². The lowest BCUT2D eigenvalue weighted by Gasteiger charge is -1.99. The predicted octanol–water partition coefficient (Wildman–Crippen LogP) is 6.35.